The van der Waals surface area contributed by atoms with Gasteiger partial charge in [-0.3, -0.25) is 4.90 Å². The van der Waals surface area contributed by atoms with Gasteiger partial charge in [0.1, 0.15) is 5.75 Å². The van der Waals surface area contributed by atoms with Crippen LogP contribution in [-0.2, 0) is 4.74 Å². The Morgan fingerprint density at radius 1 is 1.24 bits per heavy atom. The lowest BCUT2D eigenvalue weighted by atomic mass is 10.0. The zero-order chi connectivity index (χ0) is 14.5. The number of hydrogen-bond donors (Lipinski definition) is 1. The number of benzene rings is 1. The Bertz CT molecular complexity index is 425. The van der Waals surface area contributed by atoms with Crippen LogP contribution < -0.4 is 10.1 Å². The van der Waals surface area contributed by atoms with E-state index in [-0.39, 0.29) is 0 Å². The molecule has 0 bridgehead atoms. The fourth-order valence-electron chi connectivity index (χ4n) is 3.00. The number of methoxy groups -OCH3 is 1. The van der Waals surface area contributed by atoms with E-state index in [1.807, 2.05) is 0 Å². The van der Waals surface area contributed by atoms with Gasteiger partial charge in [0.05, 0.1) is 20.3 Å². The minimum Gasteiger partial charge on any atom is -0.497 e. The van der Waals surface area contributed by atoms with Gasteiger partial charge in [0.2, 0.25) is 0 Å². The third-order valence-electron chi connectivity index (χ3n) is 4.46. The molecular weight excluding hydrogens is 264 g/mol. The first-order valence-electron chi connectivity index (χ1n) is 8.04. The van der Waals surface area contributed by atoms with Crippen LogP contribution in [0.1, 0.15) is 24.4 Å². The molecular formula is C17H26N2O2. The molecule has 1 aliphatic heterocycles. The fraction of sp³-hybridized carbons (Fsp3) is 0.647. The Hall–Kier alpha value is -1.10. The molecule has 1 heterocycles. The van der Waals surface area contributed by atoms with Crippen LogP contribution >= 0.6 is 0 Å². The molecule has 0 spiro atoms. The van der Waals surface area contributed by atoms with Gasteiger partial charge in [-0.05, 0) is 36.5 Å². The topological polar surface area (TPSA) is 33.7 Å². The number of morpholine rings is 1. The molecule has 3 rings (SSSR count). The van der Waals surface area contributed by atoms with Gasteiger partial charge in [-0.25, -0.2) is 0 Å². The van der Waals surface area contributed by atoms with E-state index in [4.69, 9.17) is 9.47 Å². The highest BCUT2D eigenvalue weighted by Crippen LogP contribution is 2.41. The molecule has 1 aromatic rings. The molecule has 1 aromatic carbocycles. The lowest BCUT2D eigenvalue weighted by molar-refractivity contribution is 0.0380. The molecule has 1 unspecified atom stereocenters. The standard InChI is InChI=1S/C17H26N2O2/c1-20-16-6-4-15(5-7-16)17(14-2-3-14)18-8-9-19-10-12-21-13-11-19/h4-7,14,17-18H,2-3,8-13H2,1H3. The van der Waals surface area contributed by atoms with Gasteiger partial charge in [0.25, 0.3) is 0 Å². The zero-order valence-electron chi connectivity index (χ0n) is 12.9. The number of nitrogens with one attached hydrogen (secondary N) is 1. The van der Waals surface area contributed by atoms with E-state index in [1.54, 1.807) is 7.11 Å². The number of nitrogens with zero attached hydrogens (tertiary/aromatic N) is 1. The molecule has 1 aliphatic carbocycles. The van der Waals surface area contributed by atoms with E-state index in [0.717, 1.165) is 51.1 Å². The summed E-state index contributed by atoms with van der Waals surface area (Å²) < 4.78 is 10.6. The fourth-order valence-corrected chi connectivity index (χ4v) is 3.00. The molecule has 0 radical (unpaired) electrons. The Labute approximate surface area is 127 Å². The number of hydrogen-bond acceptors (Lipinski definition) is 4. The molecule has 1 N–H and O–H groups in total. The molecule has 2 aliphatic rings. The molecule has 1 saturated heterocycles. The van der Waals surface area contributed by atoms with Crippen molar-refractivity contribution in [2.75, 3.05) is 46.5 Å². The molecule has 2 fully saturated rings. The highest BCUT2D eigenvalue weighted by atomic mass is 16.5. The van der Waals surface area contributed by atoms with E-state index in [1.165, 1.54) is 18.4 Å². The van der Waals surface area contributed by atoms with E-state index < -0.39 is 0 Å². The van der Waals surface area contributed by atoms with Crippen molar-refractivity contribution in [3.8, 4) is 5.75 Å². The lowest BCUT2D eigenvalue weighted by Crippen LogP contribution is -2.41. The van der Waals surface area contributed by atoms with Crippen LogP contribution in [0.2, 0.25) is 0 Å². The maximum absolute atomic E-state index is 5.39. The summed E-state index contributed by atoms with van der Waals surface area (Å²) in [6, 6.07) is 9.02. The van der Waals surface area contributed by atoms with Crippen LogP contribution in [0, 0.1) is 5.92 Å². The summed E-state index contributed by atoms with van der Waals surface area (Å²) in [5.41, 5.74) is 1.39. The molecule has 1 saturated carbocycles. The summed E-state index contributed by atoms with van der Waals surface area (Å²) in [6.07, 6.45) is 2.70. The second-order valence-corrected chi connectivity index (χ2v) is 6.00. The minimum atomic E-state index is 0.497. The van der Waals surface area contributed by atoms with Crippen molar-refractivity contribution in [3.05, 3.63) is 29.8 Å². The first-order valence-corrected chi connectivity index (χ1v) is 8.04. The second-order valence-electron chi connectivity index (χ2n) is 6.00. The van der Waals surface area contributed by atoms with E-state index >= 15 is 0 Å². The monoisotopic (exact) mass is 290 g/mol. The van der Waals surface area contributed by atoms with Crippen LogP contribution in [0.15, 0.2) is 24.3 Å². The minimum absolute atomic E-state index is 0.497. The molecule has 116 valence electrons. The highest BCUT2D eigenvalue weighted by molar-refractivity contribution is 5.30. The molecule has 1 atom stereocenters. The number of ether oxygens (including phenoxy) is 2. The van der Waals surface area contributed by atoms with Crippen LogP contribution in [0.3, 0.4) is 0 Å². The lowest BCUT2D eigenvalue weighted by Gasteiger charge is -2.28. The molecule has 0 amide bonds. The average molecular weight is 290 g/mol. The van der Waals surface area contributed by atoms with Crippen LogP contribution in [0.5, 0.6) is 5.75 Å². The Morgan fingerprint density at radius 3 is 2.57 bits per heavy atom. The van der Waals surface area contributed by atoms with Crippen molar-refractivity contribution >= 4 is 0 Å². The van der Waals surface area contributed by atoms with Gasteiger partial charge in [0.15, 0.2) is 0 Å². The molecule has 4 heteroatoms. The van der Waals surface area contributed by atoms with Gasteiger partial charge in [-0.1, -0.05) is 12.1 Å². The molecule has 0 aromatic heterocycles. The van der Waals surface area contributed by atoms with Crippen molar-refractivity contribution in [1.29, 1.82) is 0 Å². The summed E-state index contributed by atoms with van der Waals surface area (Å²) >= 11 is 0. The Kier molecular flexibility index (Phi) is 5.12. The summed E-state index contributed by atoms with van der Waals surface area (Å²) in [6.45, 7) is 6.06. The van der Waals surface area contributed by atoms with Crippen LogP contribution in [-0.4, -0.2) is 51.4 Å². The maximum Gasteiger partial charge on any atom is 0.118 e. The van der Waals surface area contributed by atoms with Crippen molar-refractivity contribution in [1.82, 2.24) is 10.2 Å². The van der Waals surface area contributed by atoms with Crippen molar-refractivity contribution in [2.24, 2.45) is 5.92 Å². The summed E-state index contributed by atoms with van der Waals surface area (Å²) in [7, 11) is 1.72. The normalized spacial score (nSPS) is 21.2. The third-order valence-corrected chi connectivity index (χ3v) is 4.46. The third kappa shape index (κ3) is 4.19. The van der Waals surface area contributed by atoms with Gasteiger partial charge in [-0.2, -0.15) is 0 Å². The Balaban J connectivity index is 1.51. The average Bonchev–Trinajstić information content (AvgIpc) is 3.38. The van der Waals surface area contributed by atoms with Crippen molar-refractivity contribution in [2.45, 2.75) is 18.9 Å². The van der Waals surface area contributed by atoms with E-state index in [0.29, 0.717) is 6.04 Å². The quantitative estimate of drug-likeness (QED) is 0.833. The van der Waals surface area contributed by atoms with Gasteiger partial charge in [-0.15, -0.1) is 0 Å². The van der Waals surface area contributed by atoms with Crippen LogP contribution in [0.25, 0.3) is 0 Å². The summed E-state index contributed by atoms with van der Waals surface area (Å²) in [5.74, 6) is 1.74. The van der Waals surface area contributed by atoms with Crippen molar-refractivity contribution < 1.29 is 9.47 Å². The van der Waals surface area contributed by atoms with Crippen molar-refractivity contribution in [3.63, 3.8) is 0 Å². The van der Waals surface area contributed by atoms with Gasteiger partial charge >= 0.3 is 0 Å². The summed E-state index contributed by atoms with van der Waals surface area (Å²) in [4.78, 5) is 2.48. The molecule has 4 nitrogen and oxygen atoms in total. The smallest absolute Gasteiger partial charge is 0.118 e. The van der Waals surface area contributed by atoms with E-state index in [2.05, 4.69) is 34.5 Å². The first kappa shape index (κ1) is 14.8. The van der Waals surface area contributed by atoms with Gasteiger partial charge in [0, 0.05) is 32.2 Å². The maximum atomic E-state index is 5.39. The zero-order valence-corrected chi connectivity index (χ0v) is 12.9. The van der Waals surface area contributed by atoms with Gasteiger partial charge < -0.3 is 14.8 Å². The van der Waals surface area contributed by atoms with E-state index in [9.17, 15) is 0 Å². The SMILES string of the molecule is COc1ccc(C(NCCN2CCOCC2)C2CC2)cc1. The van der Waals surface area contributed by atoms with Crippen LogP contribution in [0.4, 0.5) is 0 Å². The first-order chi connectivity index (χ1) is 10.4. The largest absolute Gasteiger partial charge is 0.497 e. The Morgan fingerprint density at radius 2 is 1.95 bits per heavy atom. The predicted octanol–water partition coefficient (Wildman–Crippen LogP) is 2.07. The highest BCUT2D eigenvalue weighted by Gasteiger charge is 2.31. The number of rotatable bonds is 7. The molecule has 21 heavy (non-hydrogen) atoms. The second kappa shape index (κ2) is 7.25. The predicted molar refractivity (Wildman–Crippen MR) is 83.7 cm³/mol. The summed E-state index contributed by atoms with van der Waals surface area (Å²) in [5, 5.41) is 3.76.